The summed E-state index contributed by atoms with van der Waals surface area (Å²) in [5.74, 6) is 0.748. The van der Waals surface area contributed by atoms with Crippen LogP contribution in [0.4, 0.5) is 0 Å². The quantitative estimate of drug-likeness (QED) is 0.199. The molecular formula is C40H24N2S. The second kappa shape index (κ2) is 9.59. The number of nitrogens with zero attached hydrogens (tertiary/aromatic N) is 2. The highest BCUT2D eigenvalue weighted by Crippen LogP contribution is 2.40. The molecule has 0 spiro atoms. The third kappa shape index (κ3) is 3.86. The molecule has 0 N–H and O–H groups in total. The molecular weight excluding hydrogens is 541 g/mol. The second-order valence-electron chi connectivity index (χ2n) is 11.0. The lowest BCUT2D eigenvalue weighted by Gasteiger charge is -2.12. The number of rotatable bonds is 3. The third-order valence-corrected chi connectivity index (χ3v) is 9.65. The van der Waals surface area contributed by atoms with Crippen molar-refractivity contribution in [2.45, 2.75) is 0 Å². The lowest BCUT2D eigenvalue weighted by Crippen LogP contribution is -1.93. The average Bonchev–Trinajstić information content (AvgIpc) is 3.47. The number of thiophene rings is 1. The van der Waals surface area contributed by atoms with E-state index in [1.54, 1.807) is 11.3 Å². The van der Waals surface area contributed by atoms with Crippen LogP contribution < -0.4 is 0 Å². The van der Waals surface area contributed by atoms with E-state index in [-0.39, 0.29) is 0 Å². The van der Waals surface area contributed by atoms with E-state index >= 15 is 0 Å². The molecule has 0 atom stereocenters. The Hall–Kier alpha value is -5.38. The van der Waals surface area contributed by atoms with Crippen molar-refractivity contribution in [2.24, 2.45) is 0 Å². The minimum atomic E-state index is 0.748. The molecule has 3 heteroatoms. The molecule has 7 aromatic carbocycles. The summed E-state index contributed by atoms with van der Waals surface area (Å²) in [5.41, 5.74) is 6.49. The van der Waals surface area contributed by atoms with Gasteiger partial charge in [-0.2, -0.15) is 0 Å². The summed E-state index contributed by atoms with van der Waals surface area (Å²) >= 11 is 1.76. The molecule has 0 saturated heterocycles. The summed E-state index contributed by atoms with van der Waals surface area (Å²) in [7, 11) is 0. The molecule has 0 fully saturated rings. The normalized spacial score (nSPS) is 11.7. The van der Waals surface area contributed by atoms with E-state index in [4.69, 9.17) is 9.97 Å². The minimum Gasteiger partial charge on any atom is -0.226 e. The maximum atomic E-state index is 5.14. The van der Waals surface area contributed by atoms with E-state index in [1.807, 2.05) is 6.07 Å². The highest BCUT2D eigenvalue weighted by Gasteiger charge is 2.16. The monoisotopic (exact) mass is 564 g/mol. The van der Waals surface area contributed by atoms with E-state index in [0.29, 0.717) is 0 Å². The fourth-order valence-corrected chi connectivity index (χ4v) is 7.56. The van der Waals surface area contributed by atoms with Crippen LogP contribution >= 0.6 is 11.3 Å². The third-order valence-electron chi connectivity index (χ3n) is 8.49. The van der Waals surface area contributed by atoms with Crippen LogP contribution in [0, 0.1) is 0 Å². The molecule has 0 bridgehead atoms. The SMILES string of the molecule is c1ccc(-c2nc(-c3ccc(-c4ccc5c6ccccc6c6ccccc6c5c4)cc3)nc3c2sc2ccccc23)cc1. The van der Waals surface area contributed by atoms with Gasteiger partial charge in [-0.25, -0.2) is 9.97 Å². The van der Waals surface area contributed by atoms with E-state index in [2.05, 4.69) is 140 Å². The van der Waals surface area contributed by atoms with E-state index in [0.717, 1.165) is 32.9 Å². The Morgan fingerprint density at radius 2 is 0.907 bits per heavy atom. The molecule has 200 valence electrons. The predicted molar refractivity (Wildman–Crippen MR) is 184 cm³/mol. The number of hydrogen-bond acceptors (Lipinski definition) is 3. The first kappa shape index (κ1) is 24.2. The van der Waals surface area contributed by atoms with Crippen molar-refractivity contribution in [3.05, 3.63) is 146 Å². The van der Waals surface area contributed by atoms with E-state index in [1.165, 1.54) is 53.5 Å². The summed E-state index contributed by atoms with van der Waals surface area (Å²) in [6.45, 7) is 0. The zero-order valence-electron chi connectivity index (χ0n) is 23.2. The van der Waals surface area contributed by atoms with Crippen molar-refractivity contribution >= 4 is 64.0 Å². The molecule has 9 rings (SSSR count). The van der Waals surface area contributed by atoms with Gasteiger partial charge in [-0.1, -0.05) is 133 Å². The fraction of sp³-hybridized carbons (Fsp3) is 0. The van der Waals surface area contributed by atoms with Gasteiger partial charge in [0.05, 0.1) is 15.9 Å². The summed E-state index contributed by atoms with van der Waals surface area (Å²) in [4.78, 5) is 10.3. The van der Waals surface area contributed by atoms with E-state index in [9.17, 15) is 0 Å². The van der Waals surface area contributed by atoms with Crippen molar-refractivity contribution in [3.8, 4) is 33.8 Å². The molecule has 2 heterocycles. The maximum absolute atomic E-state index is 5.14. The van der Waals surface area contributed by atoms with Crippen LogP contribution in [0.3, 0.4) is 0 Å². The minimum absolute atomic E-state index is 0.748. The predicted octanol–water partition coefficient (Wildman–Crippen LogP) is 11.3. The highest BCUT2D eigenvalue weighted by atomic mass is 32.1. The number of aromatic nitrogens is 2. The zero-order valence-corrected chi connectivity index (χ0v) is 24.0. The van der Waals surface area contributed by atoms with Crippen LogP contribution in [0.25, 0.3) is 86.4 Å². The fourth-order valence-electron chi connectivity index (χ4n) is 6.41. The molecule has 9 aromatic rings. The van der Waals surface area contributed by atoms with Gasteiger partial charge in [-0.05, 0) is 55.6 Å². The van der Waals surface area contributed by atoms with Gasteiger partial charge < -0.3 is 0 Å². The van der Waals surface area contributed by atoms with Crippen molar-refractivity contribution < 1.29 is 0 Å². The van der Waals surface area contributed by atoms with Crippen LogP contribution in [0.1, 0.15) is 0 Å². The van der Waals surface area contributed by atoms with E-state index < -0.39 is 0 Å². The highest BCUT2D eigenvalue weighted by molar-refractivity contribution is 7.26. The summed E-state index contributed by atoms with van der Waals surface area (Å²) in [6, 6.07) is 52.0. The van der Waals surface area contributed by atoms with Crippen molar-refractivity contribution in [1.82, 2.24) is 9.97 Å². The smallest absolute Gasteiger partial charge is 0.160 e. The molecule has 0 amide bonds. The Kier molecular flexibility index (Phi) is 5.40. The molecule has 43 heavy (non-hydrogen) atoms. The first-order chi connectivity index (χ1) is 21.3. The molecule has 0 radical (unpaired) electrons. The van der Waals surface area contributed by atoms with Crippen LogP contribution in [0.15, 0.2) is 146 Å². The lowest BCUT2D eigenvalue weighted by atomic mass is 9.92. The number of benzene rings is 7. The Balaban J connectivity index is 1.19. The van der Waals surface area contributed by atoms with Crippen LogP contribution in [-0.2, 0) is 0 Å². The topological polar surface area (TPSA) is 25.8 Å². The van der Waals surface area contributed by atoms with Gasteiger partial charge in [-0.3, -0.25) is 0 Å². The van der Waals surface area contributed by atoms with Crippen molar-refractivity contribution in [2.75, 3.05) is 0 Å². The first-order valence-electron chi connectivity index (χ1n) is 14.5. The molecule has 0 unspecified atom stereocenters. The molecule has 2 aromatic heterocycles. The molecule has 0 aliphatic heterocycles. The van der Waals surface area contributed by atoms with Gasteiger partial charge in [0.2, 0.25) is 0 Å². The van der Waals surface area contributed by atoms with Crippen LogP contribution in [-0.4, -0.2) is 9.97 Å². The van der Waals surface area contributed by atoms with Gasteiger partial charge in [-0.15, -0.1) is 11.3 Å². The standard InChI is InChI=1S/C40H24N2S/c1-2-10-26(11-3-1)37-39-38(34-16-8-9-17-36(34)43-39)42-40(41-37)27-20-18-25(19-21-27)28-22-23-33-31-14-5-4-12-29(31)30-13-6-7-15-32(30)35(33)24-28/h1-24H. The first-order valence-corrected chi connectivity index (χ1v) is 15.3. The van der Waals surface area contributed by atoms with Crippen molar-refractivity contribution in [1.29, 1.82) is 0 Å². The van der Waals surface area contributed by atoms with Crippen LogP contribution in [0.2, 0.25) is 0 Å². The Bertz CT molecular complexity index is 2460. The maximum Gasteiger partial charge on any atom is 0.160 e. The molecule has 2 nitrogen and oxygen atoms in total. The Morgan fingerprint density at radius 3 is 1.60 bits per heavy atom. The molecule has 0 aliphatic rings. The van der Waals surface area contributed by atoms with Crippen molar-refractivity contribution in [3.63, 3.8) is 0 Å². The Labute approximate surface area is 252 Å². The van der Waals surface area contributed by atoms with Gasteiger partial charge in [0.1, 0.15) is 0 Å². The second-order valence-corrected chi connectivity index (χ2v) is 12.0. The van der Waals surface area contributed by atoms with Gasteiger partial charge in [0.25, 0.3) is 0 Å². The van der Waals surface area contributed by atoms with Gasteiger partial charge in [0, 0.05) is 21.2 Å². The number of hydrogen-bond donors (Lipinski definition) is 0. The molecule has 0 aliphatic carbocycles. The largest absolute Gasteiger partial charge is 0.226 e. The van der Waals surface area contributed by atoms with Gasteiger partial charge in [0.15, 0.2) is 5.82 Å². The summed E-state index contributed by atoms with van der Waals surface area (Å²) in [6.07, 6.45) is 0. The lowest BCUT2D eigenvalue weighted by molar-refractivity contribution is 1.24. The number of fused-ring (bicyclic) bond motifs is 9. The summed E-state index contributed by atoms with van der Waals surface area (Å²) in [5, 5.41) is 8.91. The van der Waals surface area contributed by atoms with Crippen LogP contribution in [0.5, 0.6) is 0 Å². The average molecular weight is 565 g/mol. The summed E-state index contributed by atoms with van der Waals surface area (Å²) < 4.78 is 2.36. The van der Waals surface area contributed by atoms with Gasteiger partial charge >= 0.3 is 0 Å². The Morgan fingerprint density at radius 1 is 0.372 bits per heavy atom. The molecule has 0 saturated carbocycles. The zero-order chi connectivity index (χ0) is 28.3.